The maximum Gasteiger partial charge on any atom is 0.152 e. The van der Waals surface area contributed by atoms with E-state index in [-0.39, 0.29) is 12.7 Å². The number of pyridine rings is 1. The first-order valence-electron chi connectivity index (χ1n) is 7.47. The number of nitrogens with one attached hydrogen (secondary N) is 1. The molecule has 1 aliphatic heterocycles. The summed E-state index contributed by atoms with van der Waals surface area (Å²) in [5.74, 6) is 0.990. The molecule has 1 atom stereocenters. The van der Waals surface area contributed by atoms with Crippen LogP contribution in [-0.2, 0) is 11.3 Å². The second-order valence-corrected chi connectivity index (χ2v) is 5.21. The first-order chi connectivity index (χ1) is 10.3. The third-order valence-electron chi connectivity index (χ3n) is 3.79. The molecule has 0 bridgehead atoms. The summed E-state index contributed by atoms with van der Waals surface area (Å²) in [6.07, 6.45) is 1.92. The van der Waals surface area contributed by atoms with E-state index in [9.17, 15) is 5.11 Å². The maximum atomic E-state index is 9.32. The van der Waals surface area contributed by atoms with Gasteiger partial charge >= 0.3 is 0 Å². The number of imidazole rings is 1. The van der Waals surface area contributed by atoms with Crippen LogP contribution >= 0.6 is 0 Å². The lowest BCUT2D eigenvalue weighted by Crippen LogP contribution is -2.44. The first kappa shape index (κ1) is 14.3. The second-order valence-electron chi connectivity index (χ2n) is 5.21. The van der Waals surface area contributed by atoms with E-state index in [0.29, 0.717) is 13.2 Å². The standard InChI is InChI=1S/C15H22N4O2/c1-2-16-9-13-15(17-14-5-3-4-6-19(13)14)18-7-8-21-12(10-18)11-20/h3-6,12,16,20H,2,7-11H2,1H3. The highest BCUT2D eigenvalue weighted by Crippen LogP contribution is 2.23. The SMILES string of the molecule is CCNCc1c(N2CCOC(CO)C2)nc2ccccn12. The summed E-state index contributed by atoms with van der Waals surface area (Å²) in [5, 5.41) is 12.7. The van der Waals surface area contributed by atoms with Crippen molar-refractivity contribution in [3.8, 4) is 0 Å². The van der Waals surface area contributed by atoms with Crippen molar-refractivity contribution in [2.24, 2.45) is 0 Å². The molecule has 6 heteroatoms. The van der Waals surface area contributed by atoms with E-state index in [4.69, 9.17) is 9.72 Å². The van der Waals surface area contributed by atoms with Crippen LogP contribution in [0.1, 0.15) is 12.6 Å². The Morgan fingerprint density at radius 2 is 2.38 bits per heavy atom. The van der Waals surface area contributed by atoms with E-state index in [0.717, 1.165) is 36.8 Å². The quantitative estimate of drug-likeness (QED) is 0.846. The molecule has 1 fully saturated rings. The Morgan fingerprint density at radius 3 is 3.19 bits per heavy atom. The number of nitrogens with zero attached hydrogens (tertiary/aromatic N) is 3. The fourth-order valence-corrected chi connectivity index (χ4v) is 2.72. The predicted molar refractivity (Wildman–Crippen MR) is 81.6 cm³/mol. The Labute approximate surface area is 124 Å². The highest BCUT2D eigenvalue weighted by atomic mass is 16.5. The summed E-state index contributed by atoms with van der Waals surface area (Å²) in [7, 11) is 0. The Balaban J connectivity index is 1.96. The number of ether oxygens (including phenoxy) is 1. The molecule has 3 heterocycles. The van der Waals surface area contributed by atoms with E-state index in [1.807, 2.05) is 24.4 Å². The summed E-state index contributed by atoms with van der Waals surface area (Å²) < 4.78 is 7.66. The van der Waals surface area contributed by atoms with Crippen molar-refractivity contribution in [1.82, 2.24) is 14.7 Å². The van der Waals surface area contributed by atoms with Crippen molar-refractivity contribution in [1.29, 1.82) is 0 Å². The van der Waals surface area contributed by atoms with Crippen LogP contribution in [0.5, 0.6) is 0 Å². The largest absolute Gasteiger partial charge is 0.394 e. The van der Waals surface area contributed by atoms with Crippen LogP contribution in [0.4, 0.5) is 5.82 Å². The van der Waals surface area contributed by atoms with Crippen molar-refractivity contribution >= 4 is 11.5 Å². The summed E-state index contributed by atoms with van der Waals surface area (Å²) in [4.78, 5) is 6.98. The first-order valence-corrected chi connectivity index (χ1v) is 7.47. The minimum Gasteiger partial charge on any atom is -0.394 e. The highest BCUT2D eigenvalue weighted by Gasteiger charge is 2.24. The number of rotatable bonds is 5. The van der Waals surface area contributed by atoms with Gasteiger partial charge in [-0.1, -0.05) is 13.0 Å². The molecule has 114 valence electrons. The van der Waals surface area contributed by atoms with Crippen LogP contribution in [0.3, 0.4) is 0 Å². The molecule has 6 nitrogen and oxygen atoms in total. The molecule has 0 spiro atoms. The van der Waals surface area contributed by atoms with Gasteiger partial charge < -0.3 is 24.5 Å². The van der Waals surface area contributed by atoms with Gasteiger partial charge in [0.1, 0.15) is 5.65 Å². The highest BCUT2D eigenvalue weighted by molar-refractivity contribution is 5.56. The number of hydrogen-bond donors (Lipinski definition) is 2. The number of aromatic nitrogens is 2. The molecule has 0 amide bonds. The van der Waals surface area contributed by atoms with Crippen LogP contribution in [0, 0.1) is 0 Å². The van der Waals surface area contributed by atoms with Crippen molar-refractivity contribution in [2.45, 2.75) is 19.6 Å². The van der Waals surface area contributed by atoms with Crippen molar-refractivity contribution in [3.63, 3.8) is 0 Å². The van der Waals surface area contributed by atoms with E-state index >= 15 is 0 Å². The lowest BCUT2D eigenvalue weighted by molar-refractivity contribution is 0.00334. The van der Waals surface area contributed by atoms with Crippen LogP contribution in [0.15, 0.2) is 24.4 Å². The van der Waals surface area contributed by atoms with Crippen LogP contribution < -0.4 is 10.2 Å². The number of aliphatic hydroxyl groups is 1. The normalized spacial score (nSPS) is 19.3. The third-order valence-corrected chi connectivity index (χ3v) is 3.79. The molecule has 1 unspecified atom stereocenters. The Kier molecular flexibility index (Phi) is 4.38. The van der Waals surface area contributed by atoms with Crippen molar-refractivity contribution in [2.75, 3.05) is 37.7 Å². The van der Waals surface area contributed by atoms with Gasteiger partial charge in [-0.2, -0.15) is 0 Å². The van der Waals surface area contributed by atoms with Gasteiger partial charge in [0.2, 0.25) is 0 Å². The lowest BCUT2D eigenvalue weighted by Gasteiger charge is -2.32. The van der Waals surface area contributed by atoms with Gasteiger partial charge in [0.15, 0.2) is 5.82 Å². The average Bonchev–Trinajstić information content (AvgIpc) is 2.91. The number of fused-ring (bicyclic) bond motifs is 1. The zero-order chi connectivity index (χ0) is 14.7. The molecule has 2 aromatic heterocycles. The van der Waals surface area contributed by atoms with Crippen LogP contribution in [0.25, 0.3) is 5.65 Å². The number of anilines is 1. The molecule has 1 saturated heterocycles. The Bertz CT molecular complexity index is 598. The van der Waals surface area contributed by atoms with Gasteiger partial charge in [0.05, 0.1) is 25.0 Å². The smallest absolute Gasteiger partial charge is 0.152 e. The maximum absolute atomic E-state index is 9.32. The van der Waals surface area contributed by atoms with Crippen molar-refractivity contribution < 1.29 is 9.84 Å². The molecule has 2 aromatic rings. The molecule has 3 rings (SSSR count). The van der Waals surface area contributed by atoms with Crippen LogP contribution in [-0.4, -0.2) is 53.4 Å². The monoisotopic (exact) mass is 290 g/mol. The molecule has 21 heavy (non-hydrogen) atoms. The summed E-state index contributed by atoms with van der Waals surface area (Å²) in [5.41, 5.74) is 2.11. The zero-order valence-corrected chi connectivity index (χ0v) is 12.3. The number of hydrogen-bond acceptors (Lipinski definition) is 5. The average molecular weight is 290 g/mol. The van der Waals surface area contributed by atoms with Gasteiger partial charge in [-0.05, 0) is 18.7 Å². The molecule has 0 aliphatic carbocycles. The third kappa shape index (κ3) is 2.88. The van der Waals surface area contributed by atoms with E-state index in [1.54, 1.807) is 0 Å². The minimum absolute atomic E-state index is 0.0480. The molecule has 2 N–H and O–H groups in total. The molecular formula is C15H22N4O2. The van der Waals surface area contributed by atoms with Crippen molar-refractivity contribution in [3.05, 3.63) is 30.1 Å². The zero-order valence-electron chi connectivity index (χ0n) is 12.3. The fraction of sp³-hybridized carbons (Fsp3) is 0.533. The lowest BCUT2D eigenvalue weighted by atomic mass is 10.2. The molecule has 0 saturated carbocycles. The Hall–Kier alpha value is -1.63. The topological polar surface area (TPSA) is 62.0 Å². The van der Waals surface area contributed by atoms with Gasteiger partial charge in [0, 0.05) is 25.8 Å². The summed E-state index contributed by atoms with van der Waals surface area (Å²) in [6.45, 7) is 5.95. The Morgan fingerprint density at radius 1 is 1.48 bits per heavy atom. The number of aliphatic hydroxyl groups excluding tert-OH is 1. The summed E-state index contributed by atoms with van der Waals surface area (Å²) >= 11 is 0. The van der Waals surface area contributed by atoms with E-state index in [1.165, 1.54) is 0 Å². The molecule has 1 aliphatic rings. The molecular weight excluding hydrogens is 268 g/mol. The molecule has 0 aromatic carbocycles. The van der Waals surface area contributed by atoms with Gasteiger partial charge in [-0.15, -0.1) is 0 Å². The van der Waals surface area contributed by atoms with Gasteiger partial charge in [-0.25, -0.2) is 4.98 Å². The number of morpholine rings is 1. The van der Waals surface area contributed by atoms with Crippen LogP contribution in [0.2, 0.25) is 0 Å². The second kappa shape index (κ2) is 6.43. The minimum atomic E-state index is -0.129. The predicted octanol–water partition coefficient (Wildman–Crippen LogP) is 0.641. The van der Waals surface area contributed by atoms with Gasteiger partial charge in [-0.3, -0.25) is 0 Å². The van der Waals surface area contributed by atoms with E-state index < -0.39 is 0 Å². The summed E-state index contributed by atoms with van der Waals surface area (Å²) in [6, 6.07) is 6.03. The molecule has 0 radical (unpaired) electrons. The van der Waals surface area contributed by atoms with E-state index in [2.05, 4.69) is 21.5 Å². The van der Waals surface area contributed by atoms with Gasteiger partial charge in [0.25, 0.3) is 0 Å². The fourth-order valence-electron chi connectivity index (χ4n) is 2.72.